The number of fused-ring (bicyclic) bond motifs is 1. The molecule has 0 saturated carbocycles. The number of carbonyl (C=O) groups excluding carboxylic acids is 3. The lowest BCUT2D eigenvalue weighted by Gasteiger charge is -2.35. The third-order valence-corrected chi connectivity index (χ3v) is 12.6. The van der Waals surface area contributed by atoms with Crippen molar-refractivity contribution in [2.45, 2.75) is 90.6 Å². The molecule has 1 atom stereocenters. The fourth-order valence-corrected chi connectivity index (χ4v) is 9.17. The average molecular weight is 953 g/mol. The van der Waals surface area contributed by atoms with Crippen molar-refractivity contribution in [3.63, 3.8) is 0 Å². The van der Waals surface area contributed by atoms with E-state index in [1.807, 2.05) is 30.9 Å². The molecule has 3 amide bonds. The van der Waals surface area contributed by atoms with E-state index in [4.69, 9.17) is 31.9 Å². The number of likely N-dealkylation sites (N-methyl/N-ethyl adjacent to an activating group) is 1. The normalized spacial score (nSPS) is 17.2. The van der Waals surface area contributed by atoms with Crippen molar-refractivity contribution in [1.82, 2.24) is 35.0 Å². The Bertz CT molecular complexity index is 2820. The maximum absolute atomic E-state index is 15.6. The van der Waals surface area contributed by atoms with Gasteiger partial charge in [-0.1, -0.05) is 12.8 Å². The van der Waals surface area contributed by atoms with Gasteiger partial charge in [-0.15, -0.1) is 5.10 Å². The molecule has 21 heteroatoms. The molecule has 2 fully saturated rings. The minimum absolute atomic E-state index is 0.0865. The van der Waals surface area contributed by atoms with Gasteiger partial charge in [0, 0.05) is 43.2 Å². The Morgan fingerprint density at radius 3 is 2.47 bits per heavy atom. The number of ether oxygens (including phenoxy) is 1. The summed E-state index contributed by atoms with van der Waals surface area (Å²) in [6, 6.07) is 11.8. The second kappa shape index (κ2) is 19.4. The summed E-state index contributed by atoms with van der Waals surface area (Å²) in [5.74, 6) is -0.697. The molecule has 8 rings (SSSR count). The summed E-state index contributed by atoms with van der Waals surface area (Å²) in [6.07, 6.45) is 4.22. The number of alkyl halides is 3. The molecule has 3 aliphatic rings. The average Bonchev–Trinajstić information content (AvgIpc) is 3.88. The van der Waals surface area contributed by atoms with Gasteiger partial charge >= 0.3 is 6.18 Å². The van der Waals surface area contributed by atoms with Crippen molar-refractivity contribution in [2.24, 2.45) is 0 Å². The number of hydrogen-bond acceptors (Lipinski definition) is 12. The number of nitriles is 1. The van der Waals surface area contributed by atoms with Gasteiger partial charge in [0.05, 0.1) is 46.9 Å². The number of amides is 3. The lowest BCUT2D eigenvalue weighted by molar-refractivity contribution is -0.137. The molecule has 0 spiro atoms. The second-order valence-corrected chi connectivity index (χ2v) is 17.5. The SMILES string of the molecule is CCN1C(=O)CN(CCCCCCNC(=O)c2ccc(N3C(=S)N(c4ccc(C#N)c(C(F)(F)F)c4)C(=O)C3(C)C)cc2F)c2ncc(-c3ccc(-c4ncn(C5CCCCO5)n4)nc3C)nc21. The molecule has 0 bridgehead atoms. The van der Waals surface area contributed by atoms with E-state index in [1.54, 1.807) is 22.1 Å². The van der Waals surface area contributed by atoms with Crippen LogP contribution in [-0.4, -0.2) is 90.9 Å². The van der Waals surface area contributed by atoms with Gasteiger partial charge in [0.1, 0.15) is 23.4 Å². The molecule has 1 unspecified atom stereocenters. The maximum Gasteiger partial charge on any atom is 0.417 e. The Morgan fingerprint density at radius 1 is 0.985 bits per heavy atom. The van der Waals surface area contributed by atoms with Crippen LogP contribution in [-0.2, 0) is 20.5 Å². The van der Waals surface area contributed by atoms with Crippen molar-refractivity contribution >= 4 is 58.1 Å². The standard InChI is InChI=1S/C47H48F4N12O4S/c1-5-60-38(64)26-59(41-42(60)57-37(25-54-41)32-17-18-36(56-28(32)2)40-55-27-61(58-40)39-12-8-11-21-67-39)20-10-7-6-9-19-53-43(65)33-16-15-31(23-35(33)48)63-45(68)62(44(66)46(63,3)4)30-14-13-29(24-52)34(22-30)47(49,50)51/h13-18,22-23,25,27,39H,5-12,19-21,26H2,1-4H3,(H,53,65). The third-order valence-electron chi connectivity index (χ3n) is 12.2. The number of aryl methyl sites for hydroxylation is 1. The van der Waals surface area contributed by atoms with Crippen molar-refractivity contribution < 1.29 is 36.7 Å². The van der Waals surface area contributed by atoms with Gasteiger partial charge in [-0.05, 0) is 121 Å². The number of unbranched alkanes of at least 4 members (excludes halogenated alkanes) is 3. The molecule has 2 saturated heterocycles. The van der Waals surface area contributed by atoms with Crippen LogP contribution in [0.3, 0.4) is 0 Å². The van der Waals surface area contributed by atoms with Gasteiger partial charge in [-0.25, -0.2) is 29.0 Å². The van der Waals surface area contributed by atoms with Gasteiger partial charge in [0.2, 0.25) is 5.91 Å². The van der Waals surface area contributed by atoms with Gasteiger partial charge in [0.25, 0.3) is 11.8 Å². The Balaban J connectivity index is 0.840. The molecule has 68 heavy (non-hydrogen) atoms. The summed E-state index contributed by atoms with van der Waals surface area (Å²) in [5, 5.41) is 16.4. The van der Waals surface area contributed by atoms with Crippen molar-refractivity contribution in [3.05, 3.63) is 89.3 Å². The lowest BCUT2D eigenvalue weighted by Crippen LogP contribution is -2.47. The number of thiocarbonyl (C=S) groups is 1. The highest BCUT2D eigenvalue weighted by Gasteiger charge is 2.51. The Morgan fingerprint density at radius 2 is 1.76 bits per heavy atom. The first-order chi connectivity index (χ1) is 32.5. The highest BCUT2D eigenvalue weighted by atomic mass is 32.1. The number of nitrogens with one attached hydrogen (secondary N) is 1. The first-order valence-electron chi connectivity index (χ1n) is 22.3. The van der Waals surface area contributed by atoms with E-state index < -0.39 is 40.5 Å². The largest absolute Gasteiger partial charge is 0.417 e. The van der Waals surface area contributed by atoms with E-state index in [2.05, 4.69) is 15.4 Å². The van der Waals surface area contributed by atoms with Crippen LogP contribution in [0.1, 0.15) is 99.1 Å². The molecule has 0 radical (unpaired) electrons. The molecular formula is C47H48F4N12O4S. The van der Waals surface area contributed by atoms with Crippen molar-refractivity contribution in [2.75, 3.05) is 52.4 Å². The second-order valence-electron chi connectivity index (χ2n) is 17.2. The van der Waals surface area contributed by atoms with Crippen molar-refractivity contribution in [1.29, 1.82) is 5.26 Å². The molecule has 1 N–H and O–H groups in total. The van der Waals surface area contributed by atoms with Crippen LogP contribution in [0.15, 0.2) is 61.1 Å². The fraction of sp³-hybridized carbons (Fsp3) is 0.404. The molecule has 3 aliphatic heterocycles. The summed E-state index contributed by atoms with van der Waals surface area (Å²) >= 11 is 5.55. The quantitative estimate of drug-likeness (QED) is 0.0646. The number of hydrogen-bond donors (Lipinski definition) is 1. The number of anilines is 4. The first-order valence-corrected chi connectivity index (χ1v) is 22.7. The number of pyridine rings is 1. The lowest BCUT2D eigenvalue weighted by atomic mass is 10.0. The number of halogens is 4. The van der Waals surface area contributed by atoms with Crippen LogP contribution in [0.5, 0.6) is 0 Å². The van der Waals surface area contributed by atoms with Crippen LogP contribution in [0.2, 0.25) is 0 Å². The van der Waals surface area contributed by atoms with Crippen LogP contribution in [0.4, 0.5) is 40.6 Å². The van der Waals surface area contributed by atoms with E-state index >= 15 is 4.39 Å². The van der Waals surface area contributed by atoms with Gasteiger partial charge in [-0.3, -0.25) is 24.2 Å². The number of benzene rings is 2. The van der Waals surface area contributed by atoms with Crippen LogP contribution >= 0.6 is 12.2 Å². The minimum atomic E-state index is -4.87. The van der Waals surface area contributed by atoms with E-state index in [0.717, 1.165) is 61.1 Å². The molecule has 5 aromatic rings. The highest BCUT2D eigenvalue weighted by molar-refractivity contribution is 7.81. The predicted molar refractivity (Wildman–Crippen MR) is 248 cm³/mol. The van der Waals surface area contributed by atoms with Crippen LogP contribution < -0.4 is 24.9 Å². The van der Waals surface area contributed by atoms with Gasteiger partial charge < -0.3 is 19.9 Å². The number of rotatable bonds is 14. The monoisotopic (exact) mass is 952 g/mol. The van der Waals surface area contributed by atoms with Crippen LogP contribution in [0.25, 0.3) is 22.8 Å². The molecule has 3 aromatic heterocycles. The molecule has 16 nitrogen and oxygen atoms in total. The van der Waals surface area contributed by atoms with E-state index in [1.165, 1.54) is 43.0 Å². The molecule has 6 heterocycles. The Kier molecular flexibility index (Phi) is 13.5. The third kappa shape index (κ3) is 9.34. The number of carbonyl (C=O) groups is 3. The minimum Gasteiger partial charge on any atom is -0.356 e. The zero-order valence-corrected chi connectivity index (χ0v) is 38.6. The Hall–Kier alpha value is -6.92. The number of nitrogens with zero attached hydrogens (tertiary/aromatic N) is 11. The van der Waals surface area contributed by atoms with Gasteiger partial charge in [-0.2, -0.15) is 18.4 Å². The maximum atomic E-state index is 15.6. The zero-order chi connectivity index (χ0) is 48.5. The molecular weight excluding hydrogens is 905 g/mol. The van der Waals surface area contributed by atoms with Crippen molar-refractivity contribution in [3.8, 4) is 28.8 Å². The van der Waals surface area contributed by atoms with Crippen LogP contribution in [0, 0.1) is 24.1 Å². The summed E-state index contributed by atoms with van der Waals surface area (Å²) < 4.78 is 64.4. The summed E-state index contributed by atoms with van der Waals surface area (Å²) in [6.45, 7) is 8.87. The Labute approximate surface area is 394 Å². The van der Waals surface area contributed by atoms with E-state index in [0.29, 0.717) is 66.7 Å². The zero-order valence-electron chi connectivity index (χ0n) is 37.8. The smallest absolute Gasteiger partial charge is 0.356 e. The predicted octanol–water partition coefficient (Wildman–Crippen LogP) is 7.91. The van der Waals surface area contributed by atoms with E-state index in [-0.39, 0.29) is 47.3 Å². The number of aromatic nitrogens is 6. The molecule has 0 aliphatic carbocycles. The molecule has 354 valence electrons. The fourth-order valence-electron chi connectivity index (χ4n) is 8.64. The van der Waals surface area contributed by atoms with E-state index in [9.17, 15) is 32.8 Å². The summed E-state index contributed by atoms with van der Waals surface area (Å²) in [7, 11) is 0. The highest BCUT2D eigenvalue weighted by Crippen LogP contribution is 2.40. The topological polar surface area (TPSA) is 179 Å². The van der Waals surface area contributed by atoms with Gasteiger partial charge in [0.15, 0.2) is 28.8 Å². The summed E-state index contributed by atoms with van der Waals surface area (Å²) in [4.78, 5) is 64.7. The first kappa shape index (κ1) is 47.6. The molecule has 2 aromatic carbocycles. The summed E-state index contributed by atoms with van der Waals surface area (Å²) in [5.41, 5.74) is -0.932.